The summed E-state index contributed by atoms with van der Waals surface area (Å²) in [5.41, 5.74) is 1.39. The average molecular weight is 261 g/mol. The summed E-state index contributed by atoms with van der Waals surface area (Å²) < 4.78 is 0. The monoisotopic (exact) mass is 261 g/mol. The van der Waals surface area contributed by atoms with E-state index >= 15 is 0 Å². The Morgan fingerprint density at radius 3 is 2.30 bits per heavy atom. The summed E-state index contributed by atoms with van der Waals surface area (Å²) in [5, 5.41) is 12.2. The minimum atomic E-state index is 0.240. The Morgan fingerprint density at radius 2 is 1.55 bits per heavy atom. The van der Waals surface area contributed by atoms with E-state index in [1.807, 2.05) is 0 Å². The lowest BCUT2D eigenvalue weighted by molar-refractivity contribution is 0.101. The van der Waals surface area contributed by atoms with E-state index < -0.39 is 0 Å². The van der Waals surface area contributed by atoms with Gasteiger partial charge in [0.25, 0.3) is 0 Å². The van der Waals surface area contributed by atoms with Crippen LogP contribution in [0, 0.1) is 29.1 Å². The van der Waals surface area contributed by atoms with Crippen molar-refractivity contribution < 1.29 is 0 Å². The number of fused-ring (bicyclic) bond motifs is 4. The summed E-state index contributed by atoms with van der Waals surface area (Å²) in [4.78, 5) is 0. The first-order valence-corrected chi connectivity index (χ1v) is 7.75. The molecule has 0 spiro atoms. The van der Waals surface area contributed by atoms with Gasteiger partial charge >= 0.3 is 0 Å². The van der Waals surface area contributed by atoms with Gasteiger partial charge in [0, 0.05) is 5.92 Å². The molecule has 1 nitrogen and oxygen atoms in total. The molecule has 0 aromatic heterocycles. The Morgan fingerprint density at radius 1 is 0.850 bits per heavy atom. The van der Waals surface area contributed by atoms with E-state index in [1.54, 1.807) is 0 Å². The van der Waals surface area contributed by atoms with Crippen LogP contribution < -0.4 is 0 Å². The van der Waals surface area contributed by atoms with Crippen molar-refractivity contribution in [2.75, 3.05) is 0 Å². The van der Waals surface area contributed by atoms with E-state index in [0.717, 1.165) is 5.92 Å². The SMILES string of the molecule is N#C[C@H]1C2CCC(CC2)C1c1ccc2ccccc2c1. The number of nitrogens with zero attached hydrogens (tertiary/aromatic N) is 1. The molecule has 3 aliphatic carbocycles. The highest BCUT2D eigenvalue weighted by Crippen LogP contribution is 2.53. The molecule has 2 aromatic carbocycles. The summed E-state index contributed by atoms with van der Waals surface area (Å²) in [7, 11) is 0. The van der Waals surface area contributed by atoms with Crippen molar-refractivity contribution in [2.45, 2.75) is 31.6 Å². The zero-order valence-corrected chi connectivity index (χ0v) is 11.6. The van der Waals surface area contributed by atoms with Gasteiger partial charge in [-0.2, -0.15) is 5.26 Å². The number of rotatable bonds is 1. The lowest BCUT2D eigenvalue weighted by Gasteiger charge is -2.46. The van der Waals surface area contributed by atoms with Gasteiger partial charge in [0.1, 0.15) is 0 Å². The zero-order chi connectivity index (χ0) is 13.5. The molecule has 1 unspecified atom stereocenters. The molecule has 100 valence electrons. The summed E-state index contributed by atoms with van der Waals surface area (Å²) in [6.07, 6.45) is 5.18. The summed E-state index contributed by atoms with van der Waals surface area (Å²) in [5.74, 6) is 2.08. The van der Waals surface area contributed by atoms with Gasteiger partial charge in [-0.1, -0.05) is 42.5 Å². The van der Waals surface area contributed by atoms with E-state index in [9.17, 15) is 5.26 Å². The third-order valence-corrected chi connectivity index (χ3v) is 5.53. The van der Waals surface area contributed by atoms with Gasteiger partial charge in [-0.15, -0.1) is 0 Å². The van der Waals surface area contributed by atoms with E-state index in [0.29, 0.717) is 11.8 Å². The Bertz CT molecular complexity index is 673. The Hall–Kier alpha value is -1.81. The molecule has 3 saturated carbocycles. The predicted octanol–water partition coefficient (Wildman–Crippen LogP) is 4.88. The fraction of sp³-hybridized carbons (Fsp3) is 0.421. The van der Waals surface area contributed by atoms with Crippen LogP contribution in [0.2, 0.25) is 0 Å². The van der Waals surface area contributed by atoms with Crippen LogP contribution >= 0.6 is 0 Å². The highest BCUT2D eigenvalue weighted by molar-refractivity contribution is 5.83. The molecule has 5 rings (SSSR count). The Kier molecular flexibility index (Phi) is 2.77. The van der Waals surface area contributed by atoms with Gasteiger partial charge < -0.3 is 0 Å². The molecule has 20 heavy (non-hydrogen) atoms. The van der Waals surface area contributed by atoms with Crippen LogP contribution in [0.1, 0.15) is 37.2 Å². The lowest BCUT2D eigenvalue weighted by Crippen LogP contribution is -2.37. The van der Waals surface area contributed by atoms with Gasteiger partial charge in [-0.05, 0) is 53.9 Å². The third kappa shape index (κ3) is 1.75. The molecule has 0 aliphatic heterocycles. The van der Waals surface area contributed by atoms with Crippen LogP contribution in [0.5, 0.6) is 0 Å². The largest absolute Gasteiger partial charge is 0.198 e. The van der Waals surface area contributed by atoms with Gasteiger partial charge in [0.15, 0.2) is 0 Å². The fourth-order valence-electron chi connectivity index (χ4n) is 4.53. The van der Waals surface area contributed by atoms with Gasteiger partial charge in [-0.25, -0.2) is 0 Å². The van der Waals surface area contributed by atoms with Crippen molar-refractivity contribution in [3.8, 4) is 6.07 Å². The number of hydrogen-bond acceptors (Lipinski definition) is 1. The standard InChI is InChI=1S/C19H19N/c20-12-18-14-6-8-15(9-7-14)19(18)17-10-5-13-3-1-2-4-16(13)11-17/h1-5,10-11,14-15,18-19H,6-9H2/t14?,15?,18-,19?/m0/s1. The van der Waals surface area contributed by atoms with Crippen molar-refractivity contribution in [3.63, 3.8) is 0 Å². The molecule has 0 radical (unpaired) electrons. The van der Waals surface area contributed by atoms with E-state index in [4.69, 9.17) is 0 Å². The van der Waals surface area contributed by atoms with Crippen LogP contribution in [-0.2, 0) is 0 Å². The molecular weight excluding hydrogens is 242 g/mol. The molecule has 3 aliphatic rings. The second-order valence-corrected chi connectivity index (χ2v) is 6.46. The zero-order valence-electron chi connectivity index (χ0n) is 11.6. The summed E-state index contributed by atoms with van der Waals surface area (Å²) in [6.45, 7) is 0. The van der Waals surface area contributed by atoms with Crippen LogP contribution in [0.25, 0.3) is 10.8 Å². The van der Waals surface area contributed by atoms with Crippen molar-refractivity contribution >= 4 is 10.8 Å². The smallest absolute Gasteiger partial charge is 0.0665 e. The van der Waals surface area contributed by atoms with Crippen molar-refractivity contribution in [2.24, 2.45) is 17.8 Å². The average Bonchev–Trinajstić information content (AvgIpc) is 2.54. The molecule has 3 fully saturated rings. The predicted molar refractivity (Wildman–Crippen MR) is 81.2 cm³/mol. The maximum atomic E-state index is 9.61. The van der Waals surface area contributed by atoms with E-state index in [2.05, 4.69) is 48.5 Å². The third-order valence-electron chi connectivity index (χ3n) is 5.53. The van der Waals surface area contributed by atoms with Crippen LogP contribution in [0.3, 0.4) is 0 Å². The summed E-state index contributed by atoms with van der Waals surface area (Å²) >= 11 is 0. The second kappa shape index (κ2) is 4.63. The van der Waals surface area contributed by atoms with Gasteiger partial charge in [0.2, 0.25) is 0 Å². The normalized spacial score (nSPS) is 32.1. The summed E-state index contributed by atoms with van der Waals surface area (Å²) in [6, 6.07) is 18.0. The topological polar surface area (TPSA) is 23.8 Å². The first-order valence-electron chi connectivity index (χ1n) is 7.75. The van der Waals surface area contributed by atoms with E-state index in [-0.39, 0.29) is 5.92 Å². The molecule has 2 bridgehead atoms. The number of benzene rings is 2. The minimum Gasteiger partial charge on any atom is -0.198 e. The highest BCUT2D eigenvalue weighted by atomic mass is 14.5. The lowest BCUT2D eigenvalue weighted by atomic mass is 9.57. The molecule has 0 heterocycles. The maximum Gasteiger partial charge on any atom is 0.0665 e. The van der Waals surface area contributed by atoms with Crippen molar-refractivity contribution in [3.05, 3.63) is 48.0 Å². The molecular formula is C19H19N. The molecule has 0 N–H and O–H groups in total. The van der Waals surface area contributed by atoms with E-state index in [1.165, 1.54) is 42.0 Å². The quantitative estimate of drug-likeness (QED) is 0.717. The Balaban J connectivity index is 1.79. The van der Waals surface area contributed by atoms with Crippen LogP contribution in [0.15, 0.2) is 42.5 Å². The number of nitriles is 1. The molecule has 0 saturated heterocycles. The molecule has 1 heteroatoms. The molecule has 2 aromatic rings. The van der Waals surface area contributed by atoms with Gasteiger partial charge in [0.05, 0.1) is 12.0 Å². The van der Waals surface area contributed by atoms with Crippen molar-refractivity contribution in [1.82, 2.24) is 0 Å². The first kappa shape index (κ1) is 12.0. The number of hydrogen-bond donors (Lipinski definition) is 0. The second-order valence-electron chi connectivity index (χ2n) is 6.46. The van der Waals surface area contributed by atoms with Crippen LogP contribution in [0.4, 0.5) is 0 Å². The fourth-order valence-corrected chi connectivity index (χ4v) is 4.53. The van der Waals surface area contributed by atoms with Gasteiger partial charge in [-0.3, -0.25) is 0 Å². The molecule has 0 amide bonds. The molecule has 2 atom stereocenters. The Labute approximate surface area is 120 Å². The first-order chi connectivity index (χ1) is 9.86. The van der Waals surface area contributed by atoms with Crippen molar-refractivity contribution in [1.29, 1.82) is 5.26 Å². The van der Waals surface area contributed by atoms with Crippen LogP contribution in [-0.4, -0.2) is 0 Å². The highest BCUT2D eigenvalue weighted by Gasteiger charge is 2.44. The minimum absolute atomic E-state index is 0.240. The maximum absolute atomic E-state index is 9.61.